The lowest BCUT2D eigenvalue weighted by Crippen LogP contribution is -2.21. The van der Waals surface area contributed by atoms with E-state index < -0.39 is 9.84 Å². The van der Waals surface area contributed by atoms with Crippen molar-refractivity contribution in [2.45, 2.75) is 12.5 Å². The zero-order valence-corrected chi connectivity index (χ0v) is 14.7. The second-order valence-electron chi connectivity index (χ2n) is 5.60. The van der Waals surface area contributed by atoms with Crippen LogP contribution in [0, 0.1) is 0 Å². The lowest BCUT2D eigenvalue weighted by atomic mass is 10.2. The van der Waals surface area contributed by atoms with Crippen LogP contribution in [0.4, 0.5) is 17.5 Å². The second kappa shape index (κ2) is 7.09. The first kappa shape index (κ1) is 17.2. The fourth-order valence-corrected chi connectivity index (χ4v) is 4.25. The van der Waals surface area contributed by atoms with E-state index >= 15 is 0 Å². The number of methoxy groups -OCH3 is 2. The van der Waals surface area contributed by atoms with Gasteiger partial charge >= 0.3 is 0 Å². The average molecular weight is 365 g/mol. The predicted octanol–water partition coefficient (Wildman–Crippen LogP) is 1.23. The van der Waals surface area contributed by atoms with Gasteiger partial charge in [0.25, 0.3) is 0 Å². The van der Waals surface area contributed by atoms with E-state index in [4.69, 9.17) is 9.47 Å². The summed E-state index contributed by atoms with van der Waals surface area (Å²) in [4.78, 5) is 4.32. The molecule has 10 heteroatoms. The van der Waals surface area contributed by atoms with Crippen molar-refractivity contribution in [3.63, 3.8) is 0 Å². The average Bonchev–Trinajstić information content (AvgIpc) is 2.93. The van der Waals surface area contributed by atoms with Gasteiger partial charge in [-0.3, -0.25) is 0 Å². The van der Waals surface area contributed by atoms with E-state index in [0.717, 1.165) is 0 Å². The van der Waals surface area contributed by atoms with Gasteiger partial charge in [0.15, 0.2) is 15.7 Å². The number of hydrogen-bond acceptors (Lipinski definition) is 9. The van der Waals surface area contributed by atoms with Crippen molar-refractivity contribution in [1.82, 2.24) is 15.2 Å². The fraction of sp³-hybridized carbons (Fsp3) is 0.400. The minimum atomic E-state index is -2.96. The smallest absolute Gasteiger partial charge is 0.249 e. The van der Waals surface area contributed by atoms with Crippen molar-refractivity contribution in [2.75, 3.05) is 36.4 Å². The predicted molar refractivity (Wildman–Crippen MR) is 93.3 cm³/mol. The Morgan fingerprint density at radius 2 is 2.08 bits per heavy atom. The highest BCUT2D eigenvalue weighted by atomic mass is 32.2. The number of sulfone groups is 1. The van der Waals surface area contributed by atoms with Crippen LogP contribution in [0.1, 0.15) is 6.42 Å². The number of aromatic nitrogens is 3. The summed E-state index contributed by atoms with van der Waals surface area (Å²) in [7, 11) is 0.170. The minimum Gasteiger partial charge on any atom is -0.497 e. The lowest BCUT2D eigenvalue weighted by Gasteiger charge is -2.13. The fourth-order valence-electron chi connectivity index (χ4n) is 2.58. The molecule has 2 N–H and O–H groups in total. The summed E-state index contributed by atoms with van der Waals surface area (Å²) in [5.41, 5.74) is 0.629. The zero-order chi connectivity index (χ0) is 17.9. The lowest BCUT2D eigenvalue weighted by molar-refractivity contribution is 0.405. The molecule has 0 amide bonds. The molecule has 0 bridgehead atoms. The Kier molecular flexibility index (Phi) is 4.88. The van der Waals surface area contributed by atoms with E-state index in [1.807, 2.05) is 0 Å². The van der Waals surface area contributed by atoms with Gasteiger partial charge in [-0.05, 0) is 18.6 Å². The summed E-state index contributed by atoms with van der Waals surface area (Å²) in [6.07, 6.45) is 2.01. The molecule has 1 fully saturated rings. The number of nitrogens with one attached hydrogen (secondary N) is 2. The molecule has 1 atom stereocenters. The van der Waals surface area contributed by atoms with Crippen LogP contribution in [-0.2, 0) is 9.84 Å². The molecule has 2 heterocycles. The van der Waals surface area contributed by atoms with E-state index in [-0.39, 0.29) is 23.5 Å². The molecular weight excluding hydrogens is 346 g/mol. The van der Waals surface area contributed by atoms with Crippen LogP contribution in [0.25, 0.3) is 0 Å². The zero-order valence-electron chi connectivity index (χ0n) is 13.9. The molecule has 0 aliphatic carbocycles. The highest BCUT2D eigenvalue weighted by Gasteiger charge is 2.28. The van der Waals surface area contributed by atoms with Gasteiger partial charge < -0.3 is 20.1 Å². The topological polar surface area (TPSA) is 115 Å². The van der Waals surface area contributed by atoms with Crippen molar-refractivity contribution < 1.29 is 17.9 Å². The summed E-state index contributed by atoms with van der Waals surface area (Å²) < 4.78 is 33.6. The van der Waals surface area contributed by atoms with Gasteiger partial charge in [-0.1, -0.05) is 0 Å². The molecule has 2 aromatic rings. The van der Waals surface area contributed by atoms with Crippen molar-refractivity contribution in [1.29, 1.82) is 0 Å². The monoisotopic (exact) mass is 365 g/mol. The van der Waals surface area contributed by atoms with E-state index in [2.05, 4.69) is 25.8 Å². The van der Waals surface area contributed by atoms with Gasteiger partial charge in [0.1, 0.15) is 11.5 Å². The third-order valence-electron chi connectivity index (χ3n) is 3.80. The Labute approximate surface area is 145 Å². The normalized spacial score (nSPS) is 18.6. The summed E-state index contributed by atoms with van der Waals surface area (Å²) in [5, 5.41) is 14.0. The third-order valence-corrected chi connectivity index (χ3v) is 5.56. The maximum Gasteiger partial charge on any atom is 0.249 e. The van der Waals surface area contributed by atoms with Crippen LogP contribution >= 0.6 is 0 Å². The molecule has 9 nitrogen and oxygen atoms in total. The standard InChI is InChI=1S/C15H19N5O4S/c1-23-11-3-4-13(24-2)12(7-11)18-15-19-14(8-16-20-15)17-10-5-6-25(21,22)9-10/h3-4,7-8,10H,5-6,9H2,1-2H3,(H2,17,18,19,20). The first-order valence-electron chi connectivity index (χ1n) is 7.65. The largest absolute Gasteiger partial charge is 0.497 e. The number of rotatable bonds is 6. The molecule has 1 aliphatic rings. The van der Waals surface area contributed by atoms with Gasteiger partial charge in [0, 0.05) is 12.1 Å². The van der Waals surface area contributed by atoms with Gasteiger partial charge in [0.05, 0.1) is 37.6 Å². The van der Waals surface area contributed by atoms with Gasteiger partial charge in [0.2, 0.25) is 5.95 Å². The molecule has 1 aliphatic heterocycles. The van der Waals surface area contributed by atoms with Crippen LogP contribution in [0.3, 0.4) is 0 Å². The second-order valence-corrected chi connectivity index (χ2v) is 7.83. The van der Waals surface area contributed by atoms with Gasteiger partial charge in [-0.2, -0.15) is 10.1 Å². The molecule has 1 aromatic heterocycles. The van der Waals surface area contributed by atoms with Gasteiger partial charge in [-0.15, -0.1) is 5.10 Å². The quantitative estimate of drug-likeness (QED) is 0.779. The number of benzene rings is 1. The summed E-state index contributed by atoms with van der Waals surface area (Å²) in [6.45, 7) is 0. The Morgan fingerprint density at radius 3 is 2.76 bits per heavy atom. The van der Waals surface area contributed by atoms with Crippen LogP contribution in [-0.4, -0.2) is 55.4 Å². The molecule has 1 unspecified atom stereocenters. The molecular formula is C15H19N5O4S. The Hall–Kier alpha value is -2.62. The van der Waals surface area contributed by atoms with Gasteiger partial charge in [-0.25, -0.2) is 8.42 Å². The summed E-state index contributed by atoms with van der Waals surface area (Å²) in [6, 6.07) is 5.13. The SMILES string of the molecule is COc1ccc(OC)c(Nc2nncc(NC3CCS(=O)(=O)C3)n2)c1. The number of anilines is 3. The minimum absolute atomic E-state index is 0.101. The number of hydrogen-bond donors (Lipinski definition) is 2. The van der Waals surface area contributed by atoms with E-state index in [9.17, 15) is 8.42 Å². The molecule has 1 aromatic carbocycles. The van der Waals surface area contributed by atoms with Crippen LogP contribution < -0.4 is 20.1 Å². The van der Waals surface area contributed by atoms with Crippen molar-refractivity contribution in [3.8, 4) is 11.5 Å². The molecule has 3 rings (SSSR count). The Balaban J connectivity index is 1.76. The number of ether oxygens (including phenoxy) is 2. The van der Waals surface area contributed by atoms with Crippen LogP contribution in [0.2, 0.25) is 0 Å². The third kappa shape index (κ3) is 4.27. The Morgan fingerprint density at radius 1 is 1.24 bits per heavy atom. The van der Waals surface area contributed by atoms with E-state index in [0.29, 0.717) is 29.4 Å². The highest BCUT2D eigenvalue weighted by Crippen LogP contribution is 2.30. The van der Waals surface area contributed by atoms with E-state index in [1.54, 1.807) is 32.4 Å². The summed E-state index contributed by atoms with van der Waals surface area (Å²) in [5.74, 6) is 2.27. The van der Waals surface area contributed by atoms with Crippen LogP contribution in [0.15, 0.2) is 24.4 Å². The molecule has 25 heavy (non-hydrogen) atoms. The first-order valence-corrected chi connectivity index (χ1v) is 9.47. The molecule has 0 spiro atoms. The molecule has 1 saturated heterocycles. The number of nitrogens with zero attached hydrogens (tertiary/aromatic N) is 3. The van der Waals surface area contributed by atoms with Crippen molar-refractivity contribution >= 4 is 27.3 Å². The maximum absolute atomic E-state index is 11.5. The Bertz CT molecular complexity index is 859. The van der Waals surface area contributed by atoms with E-state index in [1.165, 1.54) is 6.20 Å². The van der Waals surface area contributed by atoms with Crippen molar-refractivity contribution in [3.05, 3.63) is 24.4 Å². The van der Waals surface area contributed by atoms with Crippen LogP contribution in [0.5, 0.6) is 11.5 Å². The molecule has 0 radical (unpaired) electrons. The molecule has 0 saturated carbocycles. The maximum atomic E-state index is 11.5. The summed E-state index contributed by atoms with van der Waals surface area (Å²) >= 11 is 0. The van der Waals surface area contributed by atoms with Crippen molar-refractivity contribution in [2.24, 2.45) is 0 Å². The first-order chi connectivity index (χ1) is 12.0. The highest BCUT2D eigenvalue weighted by molar-refractivity contribution is 7.91. The molecule has 134 valence electrons.